The number of aromatic nitrogens is 1. The molecule has 0 bridgehead atoms. The molecule has 0 saturated heterocycles. The summed E-state index contributed by atoms with van der Waals surface area (Å²) < 4.78 is 18.6. The van der Waals surface area contributed by atoms with Crippen LogP contribution in [-0.4, -0.2) is 17.2 Å². The van der Waals surface area contributed by atoms with E-state index in [9.17, 15) is 4.39 Å². The minimum absolute atomic E-state index is 0.201. The number of ether oxygens (including phenoxy) is 1. The predicted octanol–water partition coefficient (Wildman–Crippen LogP) is 2.39. The average Bonchev–Trinajstić information content (AvgIpc) is 2.37. The first-order valence-electron chi connectivity index (χ1n) is 5.13. The second kappa shape index (κ2) is 4.93. The number of hydrogen-bond acceptors (Lipinski definition) is 3. The monoisotopic (exact) mass is 233 g/mol. The lowest BCUT2D eigenvalue weighted by atomic mass is 10.0. The van der Waals surface area contributed by atoms with Crippen LogP contribution in [0.5, 0.6) is 5.75 Å². The highest BCUT2D eigenvalue weighted by atomic mass is 19.1. The Kier molecular flexibility index (Phi) is 3.35. The van der Waals surface area contributed by atoms with E-state index in [-0.39, 0.29) is 6.61 Å². The van der Waals surface area contributed by atoms with E-state index in [1.807, 2.05) is 0 Å². The molecule has 0 amide bonds. The van der Waals surface area contributed by atoms with Gasteiger partial charge in [-0.1, -0.05) is 0 Å². The number of aliphatic hydroxyl groups excluding tert-OH is 1. The van der Waals surface area contributed by atoms with E-state index in [1.54, 1.807) is 31.6 Å². The molecule has 0 aliphatic carbocycles. The molecule has 0 radical (unpaired) electrons. The SMILES string of the molecule is COc1ccncc1-c1cc(F)cc(CO)c1. The van der Waals surface area contributed by atoms with Crippen LogP contribution in [0.1, 0.15) is 5.56 Å². The molecule has 0 aliphatic heterocycles. The van der Waals surface area contributed by atoms with Crippen molar-refractivity contribution in [1.29, 1.82) is 0 Å². The van der Waals surface area contributed by atoms with Crippen molar-refractivity contribution in [1.82, 2.24) is 4.98 Å². The van der Waals surface area contributed by atoms with Gasteiger partial charge in [0, 0.05) is 18.0 Å². The van der Waals surface area contributed by atoms with E-state index in [0.717, 1.165) is 0 Å². The smallest absolute Gasteiger partial charge is 0.129 e. The van der Waals surface area contributed by atoms with Crippen LogP contribution in [0.3, 0.4) is 0 Å². The Balaban J connectivity index is 2.55. The van der Waals surface area contributed by atoms with Gasteiger partial charge in [0.15, 0.2) is 0 Å². The highest BCUT2D eigenvalue weighted by Crippen LogP contribution is 2.29. The molecular weight excluding hydrogens is 221 g/mol. The van der Waals surface area contributed by atoms with Crippen molar-refractivity contribution in [3.63, 3.8) is 0 Å². The standard InChI is InChI=1S/C13H12FNO2/c1-17-13-2-3-15-7-12(13)10-4-9(8-16)5-11(14)6-10/h2-7,16H,8H2,1H3. The maximum Gasteiger partial charge on any atom is 0.129 e. The molecule has 0 atom stereocenters. The number of halogens is 1. The second-order valence-corrected chi connectivity index (χ2v) is 3.58. The Hall–Kier alpha value is -1.94. The lowest BCUT2D eigenvalue weighted by molar-refractivity contribution is 0.281. The van der Waals surface area contributed by atoms with Crippen LogP contribution in [0.15, 0.2) is 36.7 Å². The minimum atomic E-state index is -0.391. The summed E-state index contributed by atoms with van der Waals surface area (Å²) in [7, 11) is 1.55. The van der Waals surface area contributed by atoms with Gasteiger partial charge in [-0.3, -0.25) is 4.98 Å². The third-order valence-corrected chi connectivity index (χ3v) is 2.45. The highest BCUT2D eigenvalue weighted by Gasteiger charge is 2.08. The Morgan fingerprint density at radius 3 is 2.88 bits per heavy atom. The zero-order valence-electron chi connectivity index (χ0n) is 9.35. The fourth-order valence-corrected chi connectivity index (χ4v) is 1.67. The number of aliphatic hydroxyl groups is 1. The quantitative estimate of drug-likeness (QED) is 0.885. The number of pyridine rings is 1. The maximum atomic E-state index is 13.4. The molecule has 0 spiro atoms. The fraction of sp³-hybridized carbons (Fsp3) is 0.154. The van der Waals surface area contributed by atoms with Gasteiger partial charge in [0.2, 0.25) is 0 Å². The Bertz CT molecular complexity index is 529. The fourth-order valence-electron chi connectivity index (χ4n) is 1.67. The largest absolute Gasteiger partial charge is 0.496 e. The van der Waals surface area contributed by atoms with E-state index >= 15 is 0 Å². The molecule has 0 saturated carbocycles. The van der Waals surface area contributed by atoms with Gasteiger partial charge in [-0.15, -0.1) is 0 Å². The van der Waals surface area contributed by atoms with Crippen LogP contribution in [0.4, 0.5) is 4.39 Å². The maximum absolute atomic E-state index is 13.4. The Labute approximate surface area is 98.5 Å². The minimum Gasteiger partial charge on any atom is -0.496 e. The summed E-state index contributed by atoms with van der Waals surface area (Å²) in [4.78, 5) is 3.99. The third-order valence-electron chi connectivity index (χ3n) is 2.45. The lowest BCUT2D eigenvalue weighted by Gasteiger charge is -2.09. The number of benzene rings is 1. The molecule has 17 heavy (non-hydrogen) atoms. The molecule has 0 unspecified atom stereocenters. The Morgan fingerprint density at radius 2 is 2.18 bits per heavy atom. The van der Waals surface area contributed by atoms with Crippen molar-refractivity contribution < 1.29 is 14.2 Å². The molecule has 2 aromatic rings. The molecule has 0 aliphatic rings. The lowest BCUT2D eigenvalue weighted by Crippen LogP contribution is -1.92. The molecular formula is C13H12FNO2. The van der Waals surface area contributed by atoms with Crippen molar-refractivity contribution in [2.45, 2.75) is 6.61 Å². The van der Waals surface area contributed by atoms with Crippen molar-refractivity contribution in [2.75, 3.05) is 7.11 Å². The first kappa shape index (κ1) is 11.5. The van der Waals surface area contributed by atoms with E-state index in [0.29, 0.717) is 22.4 Å². The van der Waals surface area contributed by atoms with Gasteiger partial charge in [-0.05, 0) is 35.4 Å². The van der Waals surface area contributed by atoms with Gasteiger partial charge in [0.1, 0.15) is 11.6 Å². The molecule has 3 nitrogen and oxygen atoms in total. The van der Waals surface area contributed by atoms with Crippen LogP contribution in [-0.2, 0) is 6.61 Å². The van der Waals surface area contributed by atoms with E-state index in [4.69, 9.17) is 9.84 Å². The van der Waals surface area contributed by atoms with Crippen LogP contribution >= 0.6 is 0 Å². The van der Waals surface area contributed by atoms with Crippen molar-refractivity contribution >= 4 is 0 Å². The molecule has 1 heterocycles. The van der Waals surface area contributed by atoms with Gasteiger partial charge < -0.3 is 9.84 Å². The molecule has 4 heteroatoms. The number of nitrogens with zero attached hydrogens (tertiary/aromatic N) is 1. The molecule has 1 N–H and O–H groups in total. The molecule has 2 rings (SSSR count). The van der Waals surface area contributed by atoms with E-state index in [2.05, 4.69) is 4.98 Å². The van der Waals surface area contributed by atoms with E-state index in [1.165, 1.54) is 12.1 Å². The first-order valence-corrected chi connectivity index (χ1v) is 5.13. The highest BCUT2D eigenvalue weighted by molar-refractivity contribution is 5.69. The summed E-state index contributed by atoms with van der Waals surface area (Å²) in [6, 6.07) is 6.10. The summed E-state index contributed by atoms with van der Waals surface area (Å²) in [6.45, 7) is -0.201. The third kappa shape index (κ3) is 2.42. The van der Waals surface area contributed by atoms with Crippen molar-refractivity contribution in [3.05, 3.63) is 48.0 Å². The number of methoxy groups -OCH3 is 1. The van der Waals surface area contributed by atoms with E-state index < -0.39 is 5.82 Å². The Morgan fingerprint density at radius 1 is 1.35 bits per heavy atom. The van der Waals surface area contributed by atoms with Crippen LogP contribution in [0.2, 0.25) is 0 Å². The summed E-state index contributed by atoms with van der Waals surface area (Å²) in [5.74, 6) is 0.229. The van der Waals surface area contributed by atoms with Crippen molar-refractivity contribution in [2.24, 2.45) is 0 Å². The zero-order chi connectivity index (χ0) is 12.3. The van der Waals surface area contributed by atoms with Gasteiger partial charge >= 0.3 is 0 Å². The average molecular weight is 233 g/mol. The molecule has 1 aromatic carbocycles. The zero-order valence-corrected chi connectivity index (χ0v) is 9.35. The van der Waals surface area contributed by atoms with Crippen LogP contribution in [0.25, 0.3) is 11.1 Å². The molecule has 88 valence electrons. The topological polar surface area (TPSA) is 42.4 Å². The van der Waals surface area contributed by atoms with Gasteiger partial charge in [0.05, 0.1) is 13.7 Å². The van der Waals surface area contributed by atoms with Crippen LogP contribution in [0, 0.1) is 5.82 Å². The summed E-state index contributed by atoms with van der Waals surface area (Å²) >= 11 is 0. The van der Waals surface area contributed by atoms with Crippen molar-refractivity contribution in [3.8, 4) is 16.9 Å². The van der Waals surface area contributed by atoms with Gasteiger partial charge in [0.25, 0.3) is 0 Å². The normalized spacial score (nSPS) is 10.3. The number of rotatable bonds is 3. The molecule has 0 fully saturated rings. The van der Waals surface area contributed by atoms with Crippen LogP contribution < -0.4 is 4.74 Å². The number of hydrogen-bond donors (Lipinski definition) is 1. The predicted molar refractivity (Wildman–Crippen MR) is 62.1 cm³/mol. The molecule has 1 aromatic heterocycles. The second-order valence-electron chi connectivity index (χ2n) is 3.58. The van der Waals surface area contributed by atoms with Gasteiger partial charge in [-0.2, -0.15) is 0 Å². The first-order chi connectivity index (χ1) is 8.24. The summed E-state index contributed by atoms with van der Waals surface area (Å²) in [6.07, 6.45) is 3.21. The summed E-state index contributed by atoms with van der Waals surface area (Å²) in [5.41, 5.74) is 1.86. The summed E-state index contributed by atoms with van der Waals surface area (Å²) in [5, 5.41) is 9.05. The van der Waals surface area contributed by atoms with Gasteiger partial charge in [-0.25, -0.2) is 4.39 Å².